The summed E-state index contributed by atoms with van der Waals surface area (Å²) in [5, 5.41) is 3.17. The first-order chi connectivity index (χ1) is 19.9. The normalized spacial score (nSPS) is 17.5. The van der Waals surface area contributed by atoms with Crippen molar-refractivity contribution < 1.29 is 38.0 Å². The molecule has 1 N–H and O–H groups in total. The molecule has 1 saturated heterocycles. The summed E-state index contributed by atoms with van der Waals surface area (Å²) in [6.45, 7) is 5.61. The topological polar surface area (TPSA) is 38.3 Å². The molecule has 0 aliphatic carbocycles. The van der Waals surface area contributed by atoms with E-state index < -0.39 is 0 Å². The lowest BCUT2D eigenvalue weighted by atomic mass is 9.98. The van der Waals surface area contributed by atoms with Crippen molar-refractivity contribution in [3.8, 4) is 16.9 Å². The van der Waals surface area contributed by atoms with Crippen LogP contribution < -0.4 is 34.0 Å². The molecule has 2 aliphatic rings. The fraction of sp³-hybridized carbons (Fsp3) is 0.270. The molecule has 1 fully saturated rings. The van der Waals surface area contributed by atoms with Gasteiger partial charge in [-0.15, -0.1) is 0 Å². The number of fused-ring (bicyclic) bond motifs is 1. The van der Waals surface area contributed by atoms with Gasteiger partial charge in [0, 0.05) is 28.8 Å². The number of piperidine rings is 1. The molecule has 42 heavy (non-hydrogen) atoms. The zero-order valence-corrected chi connectivity index (χ0v) is 26.6. The minimum Gasteiger partial charge on any atom is -1.00 e. The number of hydrogen-bond acceptors (Lipinski definition) is 2. The van der Waals surface area contributed by atoms with Crippen LogP contribution >= 0.6 is 0 Å². The van der Waals surface area contributed by atoms with Gasteiger partial charge in [-0.05, 0) is 73.2 Å². The van der Waals surface area contributed by atoms with Crippen molar-refractivity contribution >= 4 is 17.7 Å². The Labute approximate surface area is 267 Å². The van der Waals surface area contributed by atoms with Gasteiger partial charge < -0.3 is 38.5 Å². The average molecular weight is 671 g/mol. The Bertz CT molecular complexity index is 1540. The number of carbonyl (C=O) groups is 1. The average Bonchev–Trinajstić information content (AvgIpc) is 3.19. The number of halogens is 1. The molecule has 4 nitrogen and oxygen atoms in total. The number of likely N-dealkylation sites (tertiary alicyclic amines) is 1. The molecule has 4 aromatic rings. The van der Waals surface area contributed by atoms with Crippen molar-refractivity contribution in [3.05, 3.63) is 125 Å². The van der Waals surface area contributed by atoms with Gasteiger partial charge in [0.15, 0.2) is 0 Å². The molecule has 4 aromatic carbocycles. The molecule has 2 aliphatic heterocycles. The fourth-order valence-electron chi connectivity index (χ4n) is 6.13. The van der Waals surface area contributed by atoms with Crippen LogP contribution in [0, 0.1) is 6.92 Å². The Morgan fingerprint density at radius 2 is 1.55 bits per heavy atom. The molecule has 1 amide bonds. The zero-order chi connectivity index (χ0) is 28.2. The second-order valence-electron chi connectivity index (χ2n) is 11.9. The van der Waals surface area contributed by atoms with Crippen LogP contribution in [0.1, 0.15) is 54.0 Å². The van der Waals surface area contributed by atoms with E-state index in [1.54, 1.807) is 0 Å². The van der Waals surface area contributed by atoms with E-state index in [0.717, 1.165) is 44.7 Å². The Kier molecular flexibility index (Phi) is 9.49. The van der Waals surface area contributed by atoms with E-state index >= 15 is 0 Å². The molecule has 1 atom stereocenters. The Hall–Kier alpha value is -3.42. The quantitative estimate of drug-likeness (QED) is 0.222. The van der Waals surface area contributed by atoms with Gasteiger partial charge >= 0.3 is 0 Å². The van der Waals surface area contributed by atoms with Gasteiger partial charge in [0.1, 0.15) is 18.4 Å². The smallest absolute Gasteiger partial charge is 0.251 e. The third-order valence-electron chi connectivity index (χ3n) is 8.53. The number of aryl methyl sites for hydroxylation is 1. The summed E-state index contributed by atoms with van der Waals surface area (Å²) in [5.74, 6) is 0.696. The lowest BCUT2D eigenvalue weighted by Gasteiger charge is -2.37. The maximum atomic E-state index is 13.7. The number of hydrogen-bond donors (Lipinski definition) is 1. The van der Waals surface area contributed by atoms with Crippen LogP contribution in [-0.4, -0.2) is 30.5 Å². The molecular formula is C37H39IN2O2. The molecule has 0 aromatic heterocycles. The van der Waals surface area contributed by atoms with Crippen molar-refractivity contribution in [1.29, 1.82) is 0 Å². The van der Waals surface area contributed by atoms with Crippen LogP contribution in [0.25, 0.3) is 17.2 Å². The summed E-state index contributed by atoms with van der Waals surface area (Å²) >= 11 is 0. The summed E-state index contributed by atoms with van der Waals surface area (Å²) in [6.07, 6.45) is 6.20. The number of rotatable bonds is 6. The largest absolute Gasteiger partial charge is 1.00 e. The number of benzene rings is 4. The van der Waals surface area contributed by atoms with E-state index in [1.165, 1.54) is 43.5 Å². The van der Waals surface area contributed by atoms with E-state index in [2.05, 4.69) is 80.0 Å². The number of amides is 1. The van der Waals surface area contributed by atoms with Gasteiger partial charge in [-0.25, -0.2) is 0 Å². The molecule has 5 heteroatoms. The van der Waals surface area contributed by atoms with Gasteiger partial charge in [-0.2, -0.15) is 0 Å². The first kappa shape index (κ1) is 30.1. The summed E-state index contributed by atoms with van der Waals surface area (Å²) in [5.41, 5.74) is 8.28. The van der Waals surface area contributed by atoms with Crippen molar-refractivity contribution in [3.63, 3.8) is 0 Å². The Balaban J connectivity index is 0.00000353. The second-order valence-corrected chi connectivity index (χ2v) is 11.9. The number of carbonyl (C=O) groups excluding carboxylic acids is 1. The summed E-state index contributed by atoms with van der Waals surface area (Å²) in [4.78, 5) is 13.7. The van der Waals surface area contributed by atoms with E-state index in [4.69, 9.17) is 4.74 Å². The van der Waals surface area contributed by atoms with Crippen LogP contribution in [0.3, 0.4) is 0 Å². The number of anilines is 1. The summed E-state index contributed by atoms with van der Waals surface area (Å²) < 4.78 is 7.65. The SMILES string of the molecule is Cc1ccc(-c2ccc3c(c2)C=C(C(=O)Nc2ccc(C[N+]4(C)CCCCC4)cc2)CC(c2ccccc2)O3)cc1.[I-]. The third kappa shape index (κ3) is 7.13. The third-order valence-corrected chi connectivity index (χ3v) is 8.53. The maximum Gasteiger partial charge on any atom is 0.251 e. The van der Waals surface area contributed by atoms with Gasteiger partial charge in [0.2, 0.25) is 0 Å². The number of ether oxygens (including phenoxy) is 1. The van der Waals surface area contributed by atoms with Gasteiger partial charge in [-0.1, -0.05) is 78.4 Å². The van der Waals surface area contributed by atoms with Crippen molar-refractivity contribution in [2.24, 2.45) is 0 Å². The first-order valence-electron chi connectivity index (χ1n) is 14.8. The maximum absolute atomic E-state index is 13.7. The summed E-state index contributed by atoms with van der Waals surface area (Å²) in [7, 11) is 2.36. The number of quaternary nitrogens is 1. The van der Waals surface area contributed by atoms with Crippen LogP contribution in [0.2, 0.25) is 0 Å². The zero-order valence-electron chi connectivity index (χ0n) is 24.5. The fourth-order valence-corrected chi connectivity index (χ4v) is 6.13. The molecule has 1 unspecified atom stereocenters. The number of nitrogens with zero attached hydrogens (tertiary/aromatic N) is 1. The lowest BCUT2D eigenvalue weighted by molar-refractivity contribution is -0.926. The summed E-state index contributed by atoms with van der Waals surface area (Å²) in [6, 6.07) is 33.3. The second kappa shape index (κ2) is 13.3. The van der Waals surface area contributed by atoms with Gasteiger partial charge in [0.25, 0.3) is 5.91 Å². The molecule has 0 saturated carbocycles. The minimum absolute atomic E-state index is 0. The Morgan fingerprint density at radius 1 is 0.857 bits per heavy atom. The van der Waals surface area contributed by atoms with Crippen LogP contribution in [0.15, 0.2) is 103 Å². The number of nitrogens with one attached hydrogen (secondary N) is 1. The van der Waals surface area contributed by atoms with Crippen molar-refractivity contribution in [2.45, 2.75) is 45.3 Å². The molecular weight excluding hydrogens is 631 g/mol. The molecule has 216 valence electrons. The highest BCUT2D eigenvalue weighted by molar-refractivity contribution is 6.07. The van der Waals surface area contributed by atoms with Crippen molar-refractivity contribution in [2.75, 3.05) is 25.5 Å². The predicted octanol–water partition coefficient (Wildman–Crippen LogP) is 5.34. The first-order valence-corrected chi connectivity index (χ1v) is 14.8. The molecule has 0 bridgehead atoms. The van der Waals surface area contributed by atoms with E-state index in [9.17, 15) is 4.79 Å². The molecule has 6 rings (SSSR count). The molecule has 2 heterocycles. The highest BCUT2D eigenvalue weighted by atomic mass is 127. The standard InChI is InChI=1S/C37H38N2O2.HI/c1-27-11-15-29(16-12-27)31-17-20-35-32(23-31)24-33(25-36(41-35)30-9-5-3-6-10-30)37(40)38-34-18-13-28(14-19-34)26-39(2)21-7-4-8-22-39;/h3,5-6,9-20,23-24,36H,4,7-8,21-22,25-26H2,1-2H3;1H. The predicted molar refractivity (Wildman–Crippen MR) is 168 cm³/mol. The van der Waals surface area contributed by atoms with E-state index in [1.807, 2.05) is 42.5 Å². The van der Waals surface area contributed by atoms with Crippen LogP contribution in [-0.2, 0) is 11.3 Å². The Morgan fingerprint density at radius 3 is 2.26 bits per heavy atom. The van der Waals surface area contributed by atoms with E-state index in [0.29, 0.717) is 12.0 Å². The van der Waals surface area contributed by atoms with Gasteiger partial charge in [0.05, 0.1) is 20.1 Å². The highest BCUT2D eigenvalue weighted by Crippen LogP contribution is 2.38. The van der Waals surface area contributed by atoms with E-state index in [-0.39, 0.29) is 36.0 Å². The highest BCUT2D eigenvalue weighted by Gasteiger charge is 2.26. The van der Waals surface area contributed by atoms with Crippen LogP contribution in [0.4, 0.5) is 5.69 Å². The monoisotopic (exact) mass is 670 g/mol. The molecule has 0 radical (unpaired) electrons. The van der Waals surface area contributed by atoms with Crippen molar-refractivity contribution in [1.82, 2.24) is 0 Å². The lowest BCUT2D eigenvalue weighted by Crippen LogP contribution is -3.00. The van der Waals surface area contributed by atoms with Gasteiger partial charge in [-0.3, -0.25) is 4.79 Å². The molecule has 0 spiro atoms. The van der Waals surface area contributed by atoms with Crippen LogP contribution in [0.5, 0.6) is 5.75 Å². The minimum atomic E-state index is -0.254.